The van der Waals surface area contributed by atoms with E-state index in [1.807, 2.05) is 5.38 Å². The van der Waals surface area contributed by atoms with E-state index in [0.717, 1.165) is 49.8 Å². The minimum absolute atomic E-state index is 0.0136. The number of carbonyl (C=O) groups is 2. The van der Waals surface area contributed by atoms with Crippen LogP contribution in [0.1, 0.15) is 44.6 Å². The number of amides is 2. The molecule has 1 fully saturated rings. The summed E-state index contributed by atoms with van der Waals surface area (Å²) in [5.41, 5.74) is 3.18. The summed E-state index contributed by atoms with van der Waals surface area (Å²) in [6.07, 6.45) is 6.14. The van der Waals surface area contributed by atoms with Gasteiger partial charge in [0.2, 0.25) is 11.8 Å². The number of hydrogen-bond acceptors (Lipinski definition) is 4. The maximum absolute atomic E-state index is 12.2. The van der Waals surface area contributed by atoms with Crippen molar-refractivity contribution in [3.63, 3.8) is 0 Å². The van der Waals surface area contributed by atoms with E-state index in [9.17, 15) is 9.59 Å². The maximum atomic E-state index is 12.2. The number of nitrogens with zero attached hydrogens (tertiary/aromatic N) is 1. The first-order chi connectivity index (χ1) is 12.6. The lowest BCUT2D eigenvalue weighted by Gasteiger charge is -2.07. The fraction of sp³-hybridized carbons (Fsp3) is 0.450. The van der Waals surface area contributed by atoms with Crippen LogP contribution in [0, 0.1) is 5.92 Å². The topological polar surface area (TPSA) is 71.1 Å². The summed E-state index contributed by atoms with van der Waals surface area (Å²) in [5, 5.41) is 8.43. The van der Waals surface area contributed by atoms with Crippen molar-refractivity contribution in [3.8, 4) is 11.3 Å². The molecule has 1 heterocycles. The molecule has 0 spiro atoms. The standard InChI is InChI=1S/C20H25N3O2S/c1-14(24)21-12-4-5-15-8-10-16(11-9-15)18-13-26-20(22-18)23-19(25)17-6-2-3-7-17/h8-11,13,17H,2-7,12H2,1H3,(H,21,24)(H,22,23,25). The number of benzene rings is 1. The molecule has 0 aliphatic heterocycles. The number of anilines is 1. The van der Waals surface area contributed by atoms with E-state index < -0.39 is 0 Å². The van der Waals surface area contributed by atoms with Crippen LogP contribution in [0.2, 0.25) is 0 Å². The molecule has 0 radical (unpaired) electrons. The normalized spacial score (nSPS) is 14.3. The number of nitrogens with one attached hydrogen (secondary N) is 2. The zero-order chi connectivity index (χ0) is 18.4. The molecule has 138 valence electrons. The van der Waals surface area contributed by atoms with Gasteiger partial charge in [0.15, 0.2) is 5.13 Å². The molecule has 1 saturated carbocycles. The van der Waals surface area contributed by atoms with Crippen molar-refractivity contribution >= 4 is 28.3 Å². The molecule has 1 aromatic heterocycles. The molecule has 1 aliphatic rings. The van der Waals surface area contributed by atoms with Gasteiger partial charge in [0, 0.05) is 30.3 Å². The van der Waals surface area contributed by atoms with Crippen LogP contribution in [0.3, 0.4) is 0 Å². The molecule has 0 saturated heterocycles. The Morgan fingerprint density at radius 3 is 2.62 bits per heavy atom. The van der Waals surface area contributed by atoms with Crippen LogP contribution in [0.4, 0.5) is 5.13 Å². The van der Waals surface area contributed by atoms with Crippen molar-refractivity contribution in [2.45, 2.75) is 45.4 Å². The van der Waals surface area contributed by atoms with Crippen LogP contribution in [0.25, 0.3) is 11.3 Å². The van der Waals surface area contributed by atoms with Crippen LogP contribution < -0.4 is 10.6 Å². The Morgan fingerprint density at radius 1 is 1.19 bits per heavy atom. The molecular weight excluding hydrogens is 346 g/mol. The van der Waals surface area contributed by atoms with Crippen LogP contribution >= 0.6 is 11.3 Å². The van der Waals surface area contributed by atoms with Crippen LogP contribution in [-0.2, 0) is 16.0 Å². The molecule has 0 atom stereocenters. The predicted molar refractivity (Wildman–Crippen MR) is 105 cm³/mol. The Balaban J connectivity index is 1.53. The predicted octanol–water partition coefficient (Wildman–Crippen LogP) is 4.01. The van der Waals surface area contributed by atoms with Gasteiger partial charge in [0.1, 0.15) is 0 Å². The zero-order valence-corrected chi connectivity index (χ0v) is 15.9. The van der Waals surface area contributed by atoms with Crippen LogP contribution in [0.15, 0.2) is 29.6 Å². The van der Waals surface area contributed by atoms with E-state index in [2.05, 4.69) is 39.9 Å². The van der Waals surface area contributed by atoms with Crippen molar-refractivity contribution < 1.29 is 9.59 Å². The molecule has 26 heavy (non-hydrogen) atoms. The highest BCUT2D eigenvalue weighted by Gasteiger charge is 2.23. The largest absolute Gasteiger partial charge is 0.356 e. The van der Waals surface area contributed by atoms with Gasteiger partial charge in [-0.05, 0) is 31.2 Å². The molecule has 0 unspecified atom stereocenters. The summed E-state index contributed by atoms with van der Waals surface area (Å²) in [6.45, 7) is 2.24. The van der Waals surface area contributed by atoms with E-state index in [4.69, 9.17) is 0 Å². The summed E-state index contributed by atoms with van der Waals surface area (Å²) in [4.78, 5) is 27.6. The Kier molecular flexibility index (Phi) is 6.39. The number of hydrogen-bond donors (Lipinski definition) is 2. The highest BCUT2D eigenvalue weighted by Crippen LogP contribution is 2.29. The maximum Gasteiger partial charge on any atom is 0.229 e. The minimum Gasteiger partial charge on any atom is -0.356 e. The molecule has 5 nitrogen and oxygen atoms in total. The second kappa shape index (κ2) is 8.94. The van der Waals surface area contributed by atoms with Crippen molar-refractivity contribution in [1.82, 2.24) is 10.3 Å². The molecule has 2 aromatic rings. The molecule has 2 N–H and O–H groups in total. The zero-order valence-electron chi connectivity index (χ0n) is 15.1. The minimum atomic E-state index is 0.0136. The van der Waals surface area contributed by atoms with Gasteiger partial charge in [-0.25, -0.2) is 4.98 Å². The van der Waals surface area contributed by atoms with Crippen molar-refractivity contribution in [3.05, 3.63) is 35.2 Å². The van der Waals surface area contributed by atoms with E-state index in [0.29, 0.717) is 11.7 Å². The smallest absolute Gasteiger partial charge is 0.229 e. The van der Waals surface area contributed by atoms with Gasteiger partial charge in [0.25, 0.3) is 0 Å². The van der Waals surface area contributed by atoms with Gasteiger partial charge in [0.05, 0.1) is 5.69 Å². The van der Waals surface area contributed by atoms with Gasteiger partial charge in [-0.15, -0.1) is 11.3 Å². The van der Waals surface area contributed by atoms with E-state index in [-0.39, 0.29) is 17.7 Å². The fourth-order valence-electron chi connectivity index (χ4n) is 3.26. The molecular formula is C20H25N3O2S. The summed E-state index contributed by atoms with van der Waals surface area (Å²) in [7, 11) is 0. The molecule has 6 heteroatoms. The average Bonchev–Trinajstić information content (AvgIpc) is 3.31. The monoisotopic (exact) mass is 371 g/mol. The first-order valence-electron chi connectivity index (χ1n) is 9.22. The van der Waals surface area contributed by atoms with Crippen LogP contribution in [0.5, 0.6) is 0 Å². The third kappa shape index (κ3) is 5.14. The summed E-state index contributed by atoms with van der Waals surface area (Å²) in [6, 6.07) is 8.31. The molecule has 3 rings (SSSR count). The Bertz CT molecular complexity index is 749. The molecule has 1 aromatic carbocycles. The number of thiazole rings is 1. The van der Waals surface area contributed by atoms with Gasteiger partial charge >= 0.3 is 0 Å². The van der Waals surface area contributed by atoms with Crippen LogP contribution in [-0.4, -0.2) is 23.3 Å². The number of rotatable bonds is 7. The number of aryl methyl sites for hydroxylation is 1. The first-order valence-corrected chi connectivity index (χ1v) is 10.1. The van der Waals surface area contributed by atoms with E-state index >= 15 is 0 Å². The van der Waals surface area contributed by atoms with Crippen molar-refractivity contribution in [2.24, 2.45) is 5.92 Å². The summed E-state index contributed by atoms with van der Waals surface area (Å²) in [5.74, 6) is 0.275. The second-order valence-corrected chi connectivity index (χ2v) is 7.65. The first kappa shape index (κ1) is 18.6. The average molecular weight is 372 g/mol. The fourth-order valence-corrected chi connectivity index (χ4v) is 3.98. The molecule has 2 amide bonds. The van der Waals surface area contributed by atoms with E-state index in [1.54, 1.807) is 0 Å². The number of carbonyl (C=O) groups excluding carboxylic acids is 2. The lowest BCUT2D eigenvalue weighted by atomic mass is 10.1. The number of aromatic nitrogens is 1. The quantitative estimate of drug-likeness (QED) is 0.723. The lowest BCUT2D eigenvalue weighted by Crippen LogP contribution is -2.21. The lowest BCUT2D eigenvalue weighted by molar-refractivity contribution is -0.120. The Hall–Kier alpha value is -2.21. The van der Waals surface area contributed by atoms with Gasteiger partial charge in [-0.2, -0.15) is 0 Å². The third-order valence-electron chi connectivity index (χ3n) is 4.73. The third-order valence-corrected chi connectivity index (χ3v) is 5.48. The second-order valence-electron chi connectivity index (χ2n) is 6.79. The molecule has 1 aliphatic carbocycles. The van der Waals surface area contributed by atoms with Gasteiger partial charge in [-0.3, -0.25) is 9.59 Å². The Morgan fingerprint density at radius 2 is 1.92 bits per heavy atom. The Labute approximate surface area is 158 Å². The highest BCUT2D eigenvalue weighted by molar-refractivity contribution is 7.14. The highest BCUT2D eigenvalue weighted by atomic mass is 32.1. The summed E-state index contributed by atoms with van der Waals surface area (Å²) < 4.78 is 0. The van der Waals surface area contributed by atoms with Crippen molar-refractivity contribution in [1.29, 1.82) is 0 Å². The molecule has 0 bridgehead atoms. The van der Waals surface area contributed by atoms with Gasteiger partial charge in [-0.1, -0.05) is 37.1 Å². The van der Waals surface area contributed by atoms with Gasteiger partial charge < -0.3 is 10.6 Å². The van der Waals surface area contributed by atoms with E-state index in [1.165, 1.54) is 23.8 Å². The summed E-state index contributed by atoms with van der Waals surface area (Å²) >= 11 is 1.47. The van der Waals surface area contributed by atoms with Crippen molar-refractivity contribution in [2.75, 3.05) is 11.9 Å². The SMILES string of the molecule is CC(=O)NCCCc1ccc(-c2csc(NC(=O)C3CCCC3)n2)cc1.